The smallest absolute Gasteiger partial charge is 0 e. The fraction of sp³-hybridized carbons (Fsp3) is 0. The molecule has 1 radical (unpaired) electrons. The van der Waals surface area contributed by atoms with Crippen molar-refractivity contribution in [3.63, 3.8) is 0 Å². The average molecular weight is 216 g/mol. The summed E-state index contributed by atoms with van der Waals surface area (Å²) in [5.41, 5.74) is 0. The molecule has 0 heterocycles. The summed E-state index contributed by atoms with van der Waals surface area (Å²) in [5, 5.41) is 0. The minimum atomic E-state index is -2.99. The number of rotatable bonds is 0. The fourth-order valence-corrected chi connectivity index (χ4v) is 0. The van der Waals surface area contributed by atoms with Crippen LogP contribution in [-0.4, -0.2) is 29.6 Å². The minimum Gasteiger partial charge on any atom is 0 e. The van der Waals surface area contributed by atoms with Gasteiger partial charge in [-0.1, -0.05) is 0 Å². The topological polar surface area (TPSA) is 0 Å². The Bertz CT molecular complexity index is 23.0. The first-order valence-corrected chi connectivity index (χ1v) is 8.36. The second-order valence-electron chi connectivity index (χ2n) is 0.383. The first-order chi connectivity index (χ1) is 2.00. The van der Waals surface area contributed by atoms with Gasteiger partial charge in [-0.2, -0.15) is 0 Å². The Hall–Kier alpha value is 2.74. The Morgan fingerprint density at radius 3 is 0.833 bits per heavy atom. The molecule has 0 atom stereocenters. The van der Waals surface area contributed by atoms with E-state index in [0.29, 0.717) is 0 Å². The van der Waals surface area contributed by atoms with Gasteiger partial charge in [-0.15, -0.1) is 0 Å². The van der Waals surface area contributed by atoms with Crippen molar-refractivity contribution in [2.45, 2.75) is 0 Å². The van der Waals surface area contributed by atoms with Gasteiger partial charge in [0.15, 0.2) is 0 Å². The number of halogens is 4. The zero-order chi connectivity index (χ0) is 4.50. The molecule has 0 rings (SSSR count). The van der Waals surface area contributed by atoms with Crippen LogP contribution in [0.25, 0.3) is 0 Å². The van der Waals surface area contributed by atoms with Crippen molar-refractivity contribution in [2.75, 3.05) is 0 Å². The molecule has 0 aromatic carbocycles. The van der Waals surface area contributed by atoms with E-state index in [2.05, 4.69) is 0 Å². The summed E-state index contributed by atoms with van der Waals surface area (Å²) in [7, 11) is 17.0. The van der Waals surface area contributed by atoms with Crippen molar-refractivity contribution in [3.05, 3.63) is 0 Å². The van der Waals surface area contributed by atoms with Gasteiger partial charge in [-0.3, -0.25) is 0 Å². The quantitative estimate of drug-likeness (QED) is 0.545. The summed E-state index contributed by atoms with van der Waals surface area (Å²) in [6, 6.07) is 0. The van der Waals surface area contributed by atoms with E-state index in [4.69, 9.17) is 39.4 Å². The van der Waals surface area contributed by atoms with Crippen LogP contribution in [0.15, 0.2) is 0 Å². The van der Waals surface area contributed by atoms with Gasteiger partial charge >= 0.3 is 49.6 Å². The van der Waals surface area contributed by atoms with Crippen molar-refractivity contribution < 1.29 is 10.2 Å². The van der Waals surface area contributed by atoms with Crippen molar-refractivity contribution in [1.82, 2.24) is 0 Å². The maximum absolute atomic E-state index is 5.00. The monoisotopic (exact) mass is 214 g/mol. The van der Waals surface area contributed by atoms with Crippen molar-refractivity contribution in [3.8, 4) is 0 Å². The van der Waals surface area contributed by atoms with Gasteiger partial charge in [-0.05, 0) is 0 Å². The maximum Gasteiger partial charge on any atom is 0 e. The molecule has 0 spiro atoms. The number of hydrogen-bond donors (Lipinski definition) is 0. The summed E-state index contributed by atoms with van der Waals surface area (Å²) in [5.74, 6) is 0. The fourth-order valence-electron chi connectivity index (χ4n) is 0. The molecule has 0 nitrogen and oxygen atoms in total. The van der Waals surface area contributed by atoms with Crippen LogP contribution in [0.1, 0.15) is 0 Å². The molecule has 0 saturated heterocycles. The van der Waals surface area contributed by atoms with Gasteiger partial charge in [0, 0.05) is 29.6 Å². The van der Waals surface area contributed by atoms with E-state index < -0.39 is 10.2 Å². The van der Waals surface area contributed by atoms with Crippen LogP contribution >= 0.6 is 39.4 Å². The first-order valence-electron chi connectivity index (χ1n) is 0.676. The minimum absolute atomic E-state index is 0. The van der Waals surface area contributed by atoms with Gasteiger partial charge in [0.25, 0.3) is 0 Å². The molecule has 6 heteroatoms. The molecular weight excluding hydrogens is 216 g/mol. The average Bonchev–Trinajstić information content (AvgIpc) is 0.722. The molecule has 0 aliphatic heterocycles. The summed E-state index contributed by atoms with van der Waals surface area (Å²) in [4.78, 5) is 0. The summed E-state index contributed by atoms with van der Waals surface area (Å²) in [6.45, 7) is 0. The van der Waals surface area contributed by atoms with Crippen LogP contribution in [-0.2, 0) is 10.2 Å². The maximum atomic E-state index is 5.00. The van der Waals surface area contributed by atoms with Gasteiger partial charge < -0.3 is 0 Å². The van der Waals surface area contributed by atoms with E-state index in [-0.39, 0.29) is 29.6 Å². The normalized spacial score (nSPS) is 10.0. The van der Waals surface area contributed by atoms with Crippen molar-refractivity contribution in [2.24, 2.45) is 0 Å². The Morgan fingerprint density at radius 1 is 0.833 bits per heavy atom. The van der Waals surface area contributed by atoms with Gasteiger partial charge in [0.05, 0.1) is 0 Å². The van der Waals surface area contributed by atoms with E-state index in [1.807, 2.05) is 0 Å². The third-order valence-corrected chi connectivity index (χ3v) is 0. The van der Waals surface area contributed by atoms with E-state index in [0.717, 1.165) is 0 Å². The van der Waals surface area contributed by atoms with E-state index in [9.17, 15) is 0 Å². The molecule has 0 saturated carbocycles. The molecule has 0 aromatic heterocycles. The zero-order valence-electron chi connectivity index (χ0n) is 2.96. The Kier molecular flexibility index (Phi) is 8.85. The van der Waals surface area contributed by atoms with Crippen LogP contribution < -0.4 is 0 Å². The third kappa shape index (κ3) is 29.5. The molecule has 34 valence electrons. The molecule has 0 amide bonds. The molecular formula is Cl4NaV. The Labute approximate surface area is 77.8 Å². The van der Waals surface area contributed by atoms with Crippen LogP contribution in [0.5, 0.6) is 0 Å². The molecule has 0 aromatic rings. The predicted molar refractivity (Wildman–Crippen MR) is 29.2 cm³/mol. The third-order valence-electron chi connectivity index (χ3n) is 0. The molecule has 0 aliphatic rings. The van der Waals surface area contributed by atoms with E-state index in [1.165, 1.54) is 0 Å². The molecule has 6 heavy (non-hydrogen) atoms. The van der Waals surface area contributed by atoms with Crippen LogP contribution in [0, 0.1) is 0 Å². The van der Waals surface area contributed by atoms with Crippen molar-refractivity contribution >= 4 is 68.9 Å². The van der Waals surface area contributed by atoms with Gasteiger partial charge in [-0.25, -0.2) is 0 Å². The van der Waals surface area contributed by atoms with Crippen molar-refractivity contribution in [1.29, 1.82) is 0 Å². The Balaban J connectivity index is 0. The van der Waals surface area contributed by atoms with Crippen LogP contribution in [0.4, 0.5) is 0 Å². The molecule has 0 N–H and O–H groups in total. The summed E-state index contributed by atoms with van der Waals surface area (Å²) >= 11 is 0. The SMILES string of the molecule is [Cl][V]([Cl])([Cl])[Cl].[Na]. The molecule has 0 bridgehead atoms. The van der Waals surface area contributed by atoms with Gasteiger partial charge in [0.2, 0.25) is 0 Å². The van der Waals surface area contributed by atoms with Crippen LogP contribution in [0.2, 0.25) is 0 Å². The van der Waals surface area contributed by atoms with E-state index in [1.54, 1.807) is 0 Å². The molecule has 0 aliphatic carbocycles. The van der Waals surface area contributed by atoms with Crippen LogP contribution in [0.3, 0.4) is 0 Å². The molecule has 0 unspecified atom stereocenters. The summed E-state index contributed by atoms with van der Waals surface area (Å²) < 4.78 is 0. The summed E-state index contributed by atoms with van der Waals surface area (Å²) in [6.07, 6.45) is 0. The number of hydrogen-bond acceptors (Lipinski definition) is 0. The predicted octanol–water partition coefficient (Wildman–Crippen LogP) is 2.37. The molecule has 0 fully saturated rings. The van der Waals surface area contributed by atoms with Gasteiger partial charge in [0.1, 0.15) is 0 Å². The zero-order valence-corrected chi connectivity index (χ0v) is 9.38. The first kappa shape index (κ1) is 11.5. The Morgan fingerprint density at radius 2 is 0.833 bits per heavy atom. The standard InChI is InChI=1S/4ClH.Na.V/h4*1H;;/q;;;;;+4/p-4. The second kappa shape index (κ2) is 4.61. The second-order valence-corrected chi connectivity index (χ2v) is 14.2. The largest absolute Gasteiger partial charge is 0 e. The van der Waals surface area contributed by atoms with E-state index >= 15 is 0 Å².